The van der Waals surface area contributed by atoms with E-state index in [1.165, 1.54) is 0 Å². The minimum absolute atomic E-state index is 0.0976. The lowest BCUT2D eigenvalue weighted by atomic mass is 10.1. The molecule has 1 atom stereocenters. The number of aromatic amines is 1. The summed E-state index contributed by atoms with van der Waals surface area (Å²) in [6.45, 7) is 4.33. The van der Waals surface area contributed by atoms with Gasteiger partial charge in [-0.3, -0.25) is 4.79 Å². The van der Waals surface area contributed by atoms with Crippen molar-refractivity contribution in [2.75, 3.05) is 24.5 Å². The number of hydrogen-bond acceptors (Lipinski definition) is 6. The number of thiophene rings is 1. The first-order chi connectivity index (χ1) is 16.6. The van der Waals surface area contributed by atoms with Gasteiger partial charge < -0.3 is 14.8 Å². The van der Waals surface area contributed by atoms with Crippen LogP contribution in [0.4, 0.5) is 5.00 Å². The maximum atomic E-state index is 13.2. The Morgan fingerprint density at radius 2 is 2.09 bits per heavy atom. The number of nitrogens with one attached hydrogen (secondary N) is 1. The quantitative estimate of drug-likeness (QED) is 0.332. The zero-order valence-electron chi connectivity index (χ0n) is 18.5. The van der Waals surface area contributed by atoms with E-state index < -0.39 is 0 Å². The van der Waals surface area contributed by atoms with Crippen molar-refractivity contribution < 1.29 is 4.79 Å². The highest BCUT2D eigenvalue weighted by atomic mass is 35.5. The van der Waals surface area contributed by atoms with E-state index in [4.69, 9.17) is 16.6 Å². The number of carbonyl (C=O) groups excluding carboxylic acids is 1. The molecular weight excluding hydrogens is 486 g/mol. The van der Waals surface area contributed by atoms with E-state index in [0.717, 1.165) is 56.3 Å². The van der Waals surface area contributed by atoms with E-state index in [2.05, 4.69) is 27.2 Å². The van der Waals surface area contributed by atoms with Gasteiger partial charge in [0.25, 0.3) is 0 Å². The molecule has 1 N–H and O–H groups in total. The summed E-state index contributed by atoms with van der Waals surface area (Å²) in [6, 6.07) is 14.0. The van der Waals surface area contributed by atoms with E-state index in [1.54, 1.807) is 22.7 Å². The number of piperazine rings is 1. The Labute approximate surface area is 209 Å². The highest BCUT2D eigenvalue weighted by Crippen LogP contribution is 2.35. The summed E-state index contributed by atoms with van der Waals surface area (Å²) in [5.41, 5.74) is 5.73. The molecule has 1 amide bonds. The zero-order valence-corrected chi connectivity index (χ0v) is 20.9. The first-order valence-corrected chi connectivity index (χ1v) is 13.3. The van der Waals surface area contributed by atoms with Crippen LogP contribution in [0.1, 0.15) is 12.5 Å². The summed E-state index contributed by atoms with van der Waals surface area (Å²) in [5.74, 6) is 0.945. The van der Waals surface area contributed by atoms with Crippen LogP contribution in [0.5, 0.6) is 0 Å². The average molecular weight is 508 g/mol. The van der Waals surface area contributed by atoms with Crippen LogP contribution >= 0.6 is 34.3 Å². The minimum atomic E-state index is 0.0976. The molecule has 4 heterocycles. The van der Waals surface area contributed by atoms with Crippen molar-refractivity contribution in [3.05, 3.63) is 63.9 Å². The number of rotatable bonds is 4. The van der Waals surface area contributed by atoms with Gasteiger partial charge in [-0.1, -0.05) is 23.7 Å². The van der Waals surface area contributed by atoms with Crippen molar-refractivity contribution in [3.63, 3.8) is 0 Å². The van der Waals surface area contributed by atoms with Crippen molar-refractivity contribution in [2.24, 2.45) is 0 Å². The molecule has 0 unspecified atom stereocenters. The van der Waals surface area contributed by atoms with Crippen LogP contribution in [-0.4, -0.2) is 51.4 Å². The Hall–Kier alpha value is -2.94. The number of nitrogens with zero attached hydrogens (tertiary/aromatic N) is 4. The standard InChI is InChI=1S/C25H22ClN5OS2/c1-15-12-30(25-23(27-14-34-25)24-28-19-4-2-3-5-20(19)29-24)8-9-31(15)22(32)10-16-13-33-21-7-6-17(26)11-18(16)21/h2-7,11,13-15H,8-10,12H2,1H3,(H,28,29)/t15-/m1/s1. The monoisotopic (exact) mass is 507 g/mol. The highest BCUT2D eigenvalue weighted by molar-refractivity contribution is 7.17. The molecule has 1 saturated heterocycles. The van der Waals surface area contributed by atoms with Gasteiger partial charge in [0.2, 0.25) is 5.91 Å². The van der Waals surface area contributed by atoms with Crippen LogP contribution in [0.15, 0.2) is 53.4 Å². The van der Waals surface area contributed by atoms with Crippen LogP contribution in [0.25, 0.3) is 32.6 Å². The minimum Gasteiger partial charge on any atom is -0.358 e. The van der Waals surface area contributed by atoms with Crippen molar-refractivity contribution in [3.8, 4) is 11.5 Å². The second kappa shape index (κ2) is 8.69. The summed E-state index contributed by atoms with van der Waals surface area (Å²) in [5, 5.41) is 4.96. The summed E-state index contributed by atoms with van der Waals surface area (Å²) < 4.78 is 1.16. The smallest absolute Gasteiger partial charge is 0.227 e. The lowest BCUT2D eigenvalue weighted by molar-refractivity contribution is -0.132. The van der Waals surface area contributed by atoms with Crippen molar-refractivity contribution in [1.82, 2.24) is 19.9 Å². The molecule has 0 bridgehead atoms. The fourth-order valence-corrected chi connectivity index (χ4v) is 6.61. The molecule has 5 aromatic rings. The number of benzene rings is 2. The number of anilines is 1. The third-order valence-electron chi connectivity index (χ3n) is 6.35. The van der Waals surface area contributed by atoms with E-state index in [9.17, 15) is 4.79 Å². The van der Waals surface area contributed by atoms with Gasteiger partial charge in [0.15, 0.2) is 5.82 Å². The van der Waals surface area contributed by atoms with Gasteiger partial charge in [-0.15, -0.1) is 22.7 Å². The number of imidazole rings is 1. The van der Waals surface area contributed by atoms with Gasteiger partial charge in [0.05, 0.1) is 23.0 Å². The number of halogens is 1. The molecule has 6 rings (SSSR count). The molecule has 0 aliphatic carbocycles. The van der Waals surface area contributed by atoms with E-state index in [0.29, 0.717) is 18.0 Å². The zero-order chi connectivity index (χ0) is 23.2. The molecular formula is C25H22ClN5OS2. The second-order valence-electron chi connectivity index (χ2n) is 8.57. The van der Waals surface area contributed by atoms with Gasteiger partial charge in [-0.2, -0.15) is 0 Å². The second-order valence-corrected chi connectivity index (χ2v) is 10.7. The molecule has 34 heavy (non-hydrogen) atoms. The molecule has 0 saturated carbocycles. The predicted octanol–water partition coefficient (Wildman–Crippen LogP) is 5.83. The van der Waals surface area contributed by atoms with Crippen LogP contribution in [-0.2, 0) is 11.2 Å². The Bertz CT molecular complexity index is 1470. The molecule has 0 radical (unpaired) electrons. The number of hydrogen-bond donors (Lipinski definition) is 1. The van der Waals surface area contributed by atoms with Crippen LogP contribution in [0.2, 0.25) is 5.02 Å². The molecule has 2 aromatic carbocycles. The number of para-hydroxylation sites is 2. The number of aromatic nitrogens is 3. The van der Waals surface area contributed by atoms with Gasteiger partial charge in [0, 0.05) is 35.4 Å². The number of carbonyl (C=O) groups is 1. The molecule has 3 aromatic heterocycles. The molecule has 9 heteroatoms. The van der Waals surface area contributed by atoms with Crippen molar-refractivity contribution in [2.45, 2.75) is 19.4 Å². The van der Waals surface area contributed by atoms with Crippen molar-refractivity contribution in [1.29, 1.82) is 0 Å². The lowest BCUT2D eigenvalue weighted by Gasteiger charge is -2.40. The third kappa shape index (κ3) is 3.85. The molecule has 172 valence electrons. The van der Waals surface area contributed by atoms with E-state index in [-0.39, 0.29) is 11.9 Å². The highest BCUT2D eigenvalue weighted by Gasteiger charge is 2.30. The number of amides is 1. The number of fused-ring (bicyclic) bond motifs is 2. The SMILES string of the molecule is C[C@@H]1CN(c2scnc2-c2nc3ccccc3[nH]2)CCN1C(=O)Cc1csc2ccc(Cl)cc12. The molecule has 1 aliphatic rings. The first kappa shape index (κ1) is 21.6. The maximum absolute atomic E-state index is 13.2. The summed E-state index contributed by atoms with van der Waals surface area (Å²) >= 11 is 9.47. The normalized spacial score (nSPS) is 16.6. The molecule has 1 aliphatic heterocycles. The van der Waals surface area contributed by atoms with Crippen molar-refractivity contribution >= 4 is 66.3 Å². The summed E-state index contributed by atoms with van der Waals surface area (Å²) in [7, 11) is 0. The summed E-state index contributed by atoms with van der Waals surface area (Å²) in [4.78, 5) is 30.3. The Kier molecular flexibility index (Phi) is 5.51. The fourth-order valence-electron chi connectivity index (χ4n) is 4.66. The number of H-pyrrole nitrogens is 1. The fraction of sp³-hybridized carbons (Fsp3) is 0.240. The van der Waals surface area contributed by atoms with E-state index in [1.807, 2.05) is 52.9 Å². The van der Waals surface area contributed by atoms with Crippen LogP contribution in [0.3, 0.4) is 0 Å². The molecule has 6 nitrogen and oxygen atoms in total. The van der Waals surface area contributed by atoms with Crippen LogP contribution < -0.4 is 4.90 Å². The Morgan fingerprint density at radius 3 is 2.94 bits per heavy atom. The lowest BCUT2D eigenvalue weighted by Crippen LogP contribution is -2.54. The topological polar surface area (TPSA) is 65.1 Å². The Balaban J connectivity index is 1.18. The van der Waals surface area contributed by atoms with E-state index >= 15 is 0 Å². The largest absolute Gasteiger partial charge is 0.358 e. The van der Waals surface area contributed by atoms with Gasteiger partial charge >= 0.3 is 0 Å². The molecule has 1 fully saturated rings. The van der Waals surface area contributed by atoms with Crippen LogP contribution in [0, 0.1) is 0 Å². The number of thiazole rings is 1. The average Bonchev–Trinajstić information content (AvgIpc) is 3.57. The molecule has 0 spiro atoms. The first-order valence-electron chi connectivity index (χ1n) is 11.2. The van der Waals surface area contributed by atoms with Gasteiger partial charge in [-0.25, -0.2) is 9.97 Å². The van der Waals surface area contributed by atoms with Gasteiger partial charge in [0.1, 0.15) is 10.7 Å². The summed E-state index contributed by atoms with van der Waals surface area (Å²) in [6.07, 6.45) is 0.398. The van der Waals surface area contributed by atoms with Gasteiger partial charge in [-0.05, 0) is 53.6 Å². The third-order valence-corrected chi connectivity index (χ3v) is 8.49. The maximum Gasteiger partial charge on any atom is 0.227 e. The predicted molar refractivity (Wildman–Crippen MR) is 141 cm³/mol. The Morgan fingerprint density at radius 1 is 1.21 bits per heavy atom.